The molecule has 0 bridgehead atoms. The number of guanidine groups is 1. The minimum absolute atomic E-state index is 0. The van der Waals surface area contributed by atoms with Crippen molar-refractivity contribution in [3.63, 3.8) is 0 Å². The second-order valence-electron chi connectivity index (χ2n) is 5.98. The first-order valence-electron chi connectivity index (χ1n) is 8.61. The largest absolute Gasteiger partial charge is 0.358 e. The van der Waals surface area contributed by atoms with E-state index in [4.69, 9.17) is 0 Å². The third-order valence-corrected chi connectivity index (χ3v) is 4.18. The topological polar surface area (TPSA) is 82.9 Å². The zero-order valence-corrected chi connectivity index (χ0v) is 17.7. The predicted molar refractivity (Wildman–Crippen MR) is 116 cm³/mol. The van der Waals surface area contributed by atoms with Crippen molar-refractivity contribution in [1.82, 2.24) is 30.4 Å². The van der Waals surface area contributed by atoms with E-state index in [1.807, 2.05) is 24.6 Å². The van der Waals surface area contributed by atoms with E-state index in [1.54, 1.807) is 0 Å². The monoisotopic (exact) mass is 467 g/mol. The van der Waals surface area contributed by atoms with Gasteiger partial charge in [-0.05, 0) is 31.4 Å². The fourth-order valence-electron chi connectivity index (χ4n) is 2.66. The molecule has 140 valence electrons. The van der Waals surface area contributed by atoms with Crippen LogP contribution in [0.5, 0.6) is 0 Å². The summed E-state index contributed by atoms with van der Waals surface area (Å²) in [5.41, 5.74) is 2.39. The van der Waals surface area contributed by atoms with Gasteiger partial charge >= 0.3 is 0 Å². The zero-order valence-electron chi connectivity index (χ0n) is 15.4. The maximum absolute atomic E-state index is 4.59. The first kappa shape index (κ1) is 20.2. The Morgan fingerprint density at radius 1 is 1.23 bits per heavy atom. The first-order valence-corrected chi connectivity index (χ1v) is 8.61. The summed E-state index contributed by atoms with van der Waals surface area (Å²) >= 11 is 0. The van der Waals surface area contributed by atoms with E-state index in [0.717, 1.165) is 37.1 Å². The van der Waals surface area contributed by atoms with Gasteiger partial charge in [0.25, 0.3) is 0 Å². The molecule has 0 spiro atoms. The van der Waals surface area contributed by atoms with Crippen LogP contribution in [0.3, 0.4) is 0 Å². The summed E-state index contributed by atoms with van der Waals surface area (Å²) in [4.78, 5) is 8.04. The summed E-state index contributed by atoms with van der Waals surface area (Å²) in [5, 5.41) is 16.1. The van der Waals surface area contributed by atoms with Gasteiger partial charge in [-0.25, -0.2) is 4.99 Å². The third kappa shape index (κ3) is 4.96. The molecule has 8 heteroatoms. The summed E-state index contributed by atoms with van der Waals surface area (Å²) in [6.07, 6.45) is 0.905. The zero-order chi connectivity index (χ0) is 17.6. The Kier molecular flexibility index (Phi) is 7.43. The van der Waals surface area contributed by atoms with Gasteiger partial charge in [-0.2, -0.15) is 0 Å². The van der Waals surface area contributed by atoms with Crippen LogP contribution < -0.4 is 10.6 Å². The summed E-state index contributed by atoms with van der Waals surface area (Å²) in [7, 11) is 1.95. The van der Waals surface area contributed by atoms with Crippen molar-refractivity contribution in [3.8, 4) is 0 Å². The SMILES string of the molecule is CCNC(=NCc1nnc(C)n1C)NCCc1cc2ccccc2[nH]1.I. The van der Waals surface area contributed by atoms with Crippen molar-refractivity contribution in [2.45, 2.75) is 26.8 Å². The Balaban J connectivity index is 0.00000243. The van der Waals surface area contributed by atoms with Crippen molar-refractivity contribution in [2.24, 2.45) is 12.0 Å². The molecule has 0 unspecified atom stereocenters. The van der Waals surface area contributed by atoms with Crippen molar-refractivity contribution >= 4 is 40.8 Å². The van der Waals surface area contributed by atoms with Crippen LogP contribution in [0.1, 0.15) is 24.3 Å². The lowest BCUT2D eigenvalue weighted by atomic mass is 10.2. The lowest BCUT2D eigenvalue weighted by Gasteiger charge is -2.10. The Labute approximate surface area is 170 Å². The number of nitrogens with zero attached hydrogens (tertiary/aromatic N) is 4. The molecule has 2 heterocycles. The van der Waals surface area contributed by atoms with E-state index < -0.39 is 0 Å². The second kappa shape index (κ2) is 9.56. The Bertz CT molecular complexity index is 832. The first-order chi connectivity index (χ1) is 12.2. The number of fused-ring (bicyclic) bond motifs is 1. The van der Waals surface area contributed by atoms with E-state index in [-0.39, 0.29) is 24.0 Å². The number of halogens is 1. The van der Waals surface area contributed by atoms with Gasteiger partial charge < -0.3 is 20.2 Å². The quantitative estimate of drug-likeness (QED) is 0.296. The van der Waals surface area contributed by atoms with E-state index in [1.165, 1.54) is 16.6 Å². The minimum atomic E-state index is 0. The van der Waals surface area contributed by atoms with E-state index in [2.05, 4.69) is 62.0 Å². The number of para-hydroxylation sites is 1. The summed E-state index contributed by atoms with van der Waals surface area (Å²) < 4.78 is 1.96. The van der Waals surface area contributed by atoms with E-state index >= 15 is 0 Å². The number of hydrogen-bond donors (Lipinski definition) is 3. The molecular weight excluding hydrogens is 441 g/mol. The van der Waals surface area contributed by atoms with Crippen molar-refractivity contribution in [2.75, 3.05) is 13.1 Å². The van der Waals surface area contributed by atoms with E-state index in [9.17, 15) is 0 Å². The standard InChI is InChI=1S/C18H25N7.HI/c1-4-19-18(21-12-17-24-23-13(2)25(17)3)20-10-9-15-11-14-7-5-6-8-16(14)22-15;/h5-8,11,22H,4,9-10,12H2,1-3H3,(H2,19,20,21);1H. The lowest BCUT2D eigenvalue weighted by Crippen LogP contribution is -2.38. The van der Waals surface area contributed by atoms with Crippen LogP contribution in [0.4, 0.5) is 0 Å². The summed E-state index contributed by atoms with van der Waals surface area (Å²) in [6, 6.07) is 10.5. The fourth-order valence-corrected chi connectivity index (χ4v) is 2.66. The minimum Gasteiger partial charge on any atom is -0.358 e. The molecule has 2 aromatic heterocycles. The van der Waals surface area contributed by atoms with Crippen LogP contribution in [0.2, 0.25) is 0 Å². The molecule has 3 aromatic rings. The van der Waals surface area contributed by atoms with Crippen LogP contribution in [0, 0.1) is 6.92 Å². The molecule has 0 aliphatic carbocycles. The predicted octanol–water partition coefficient (Wildman–Crippen LogP) is 2.52. The number of nitrogens with one attached hydrogen (secondary N) is 3. The van der Waals surface area contributed by atoms with Crippen LogP contribution in [0.15, 0.2) is 35.3 Å². The molecule has 26 heavy (non-hydrogen) atoms. The number of aliphatic imine (C=N–C) groups is 1. The number of aromatic amines is 1. The van der Waals surface area contributed by atoms with Gasteiger partial charge in [0.2, 0.25) is 0 Å². The summed E-state index contributed by atoms with van der Waals surface area (Å²) in [6.45, 7) is 6.11. The Hall–Kier alpha value is -2.10. The number of benzene rings is 1. The molecule has 7 nitrogen and oxygen atoms in total. The van der Waals surface area contributed by atoms with Crippen molar-refractivity contribution in [1.29, 1.82) is 0 Å². The average Bonchev–Trinajstić information content (AvgIpc) is 3.16. The maximum atomic E-state index is 4.59. The van der Waals surface area contributed by atoms with Crippen LogP contribution in [0.25, 0.3) is 10.9 Å². The van der Waals surface area contributed by atoms with Crippen molar-refractivity contribution in [3.05, 3.63) is 47.7 Å². The number of H-pyrrole nitrogens is 1. The molecule has 0 amide bonds. The number of aromatic nitrogens is 4. The highest BCUT2D eigenvalue weighted by Crippen LogP contribution is 2.14. The molecule has 0 saturated carbocycles. The summed E-state index contributed by atoms with van der Waals surface area (Å²) in [5.74, 6) is 2.53. The van der Waals surface area contributed by atoms with Gasteiger partial charge in [0, 0.05) is 37.8 Å². The molecule has 3 N–H and O–H groups in total. The second-order valence-corrected chi connectivity index (χ2v) is 5.98. The van der Waals surface area contributed by atoms with Crippen LogP contribution >= 0.6 is 24.0 Å². The van der Waals surface area contributed by atoms with Gasteiger partial charge in [0.05, 0.1) is 0 Å². The van der Waals surface area contributed by atoms with Gasteiger partial charge in [-0.15, -0.1) is 34.2 Å². The highest BCUT2D eigenvalue weighted by atomic mass is 127. The molecule has 0 aliphatic heterocycles. The number of rotatable bonds is 6. The highest BCUT2D eigenvalue weighted by molar-refractivity contribution is 14.0. The van der Waals surface area contributed by atoms with Gasteiger partial charge in [-0.3, -0.25) is 0 Å². The Morgan fingerprint density at radius 3 is 2.73 bits per heavy atom. The molecule has 0 aliphatic rings. The van der Waals surface area contributed by atoms with Crippen LogP contribution in [-0.4, -0.2) is 38.8 Å². The molecule has 3 rings (SSSR count). The van der Waals surface area contributed by atoms with Gasteiger partial charge in [-0.1, -0.05) is 18.2 Å². The molecule has 0 atom stereocenters. The maximum Gasteiger partial charge on any atom is 0.191 e. The molecule has 0 radical (unpaired) electrons. The van der Waals surface area contributed by atoms with Crippen molar-refractivity contribution < 1.29 is 0 Å². The lowest BCUT2D eigenvalue weighted by molar-refractivity contribution is 0.752. The smallest absolute Gasteiger partial charge is 0.191 e. The Morgan fingerprint density at radius 2 is 2.04 bits per heavy atom. The fraction of sp³-hybridized carbons (Fsp3) is 0.389. The highest BCUT2D eigenvalue weighted by Gasteiger charge is 2.05. The normalized spacial score (nSPS) is 11.4. The molecule has 1 aromatic carbocycles. The number of aryl methyl sites for hydroxylation is 1. The molecule has 0 fully saturated rings. The molecular formula is C18H26IN7. The third-order valence-electron chi connectivity index (χ3n) is 4.18. The number of hydrogen-bond acceptors (Lipinski definition) is 3. The molecule has 0 saturated heterocycles. The van der Waals surface area contributed by atoms with Gasteiger partial charge in [0.1, 0.15) is 12.4 Å². The van der Waals surface area contributed by atoms with E-state index in [0.29, 0.717) is 6.54 Å². The van der Waals surface area contributed by atoms with Crippen LogP contribution in [-0.2, 0) is 20.0 Å². The van der Waals surface area contributed by atoms with Gasteiger partial charge in [0.15, 0.2) is 11.8 Å². The average molecular weight is 467 g/mol.